The molecule has 6 heteroatoms. The topological polar surface area (TPSA) is 41.6 Å². The van der Waals surface area contributed by atoms with E-state index in [9.17, 15) is 4.79 Å². The van der Waals surface area contributed by atoms with Crippen molar-refractivity contribution in [2.45, 2.75) is 43.0 Å². The zero-order valence-electron chi connectivity index (χ0n) is 16.5. The van der Waals surface area contributed by atoms with Crippen LogP contribution in [-0.4, -0.2) is 29.9 Å². The summed E-state index contributed by atoms with van der Waals surface area (Å²) in [4.78, 5) is 13.4. The molecule has 2 aliphatic rings. The van der Waals surface area contributed by atoms with E-state index < -0.39 is 8.32 Å². The van der Waals surface area contributed by atoms with Crippen molar-refractivity contribution < 1.29 is 9.32 Å². The zero-order valence-corrected chi connectivity index (χ0v) is 18.3. The lowest BCUT2D eigenvalue weighted by Crippen LogP contribution is -2.69. The molecule has 0 saturated carbocycles. The molecular formula is C22H26N2O2SSi. The molecule has 4 rings (SSSR count). The smallest absolute Gasteiger partial charge is 0.287 e. The molecule has 2 aromatic rings. The number of amides is 1. The maximum absolute atomic E-state index is 11.6. The molecule has 1 saturated heterocycles. The lowest BCUT2D eigenvalue weighted by molar-refractivity contribution is -0.137. The Labute approximate surface area is 172 Å². The van der Waals surface area contributed by atoms with Crippen molar-refractivity contribution in [1.29, 1.82) is 0 Å². The molecular weight excluding hydrogens is 384 g/mol. The minimum absolute atomic E-state index is 0.0241. The molecule has 1 fully saturated rings. The summed E-state index contributed by atoms with van der Waals surface area (Å²) in [6, 6.07) is 21.2. The Bertz CT molecular complexity index is 828. The van der Waals surface area contributed by atoms with Crippen LogP contribution >= 0.6 is 11.8 Å². The molecule has 0 aromatic heterocycles. The standard InChI is InChI=1S/C22H26N2O2SSi/c1-22(2,3)28(17-10-6-4-7-11-17,18-12-8-5-9-13-18)26-23-19-14-15-24-20(25)16-21(24)27-19/h4-15,19,21,23H,16H2,1-3H3/t19?,21-/m1/s1. The van der Waals surface area contributed by atoms with Gasteiger partial charge in [0.1, 0.15) is 0 Å². The van der Waals surface area contributed by atoms with Gasteiger partial charge < -0.3 is 9.43 Å². The second kappa shape index (κ2) is 7.52. The van der Waals surface area contributed by atoms with Gasteiger partial charge in [-0.2, -0.15) is 5.48 Å². The van der Waals surface area contributed by atoms with Crippen molar-refractivity contribution in [2.24, 2.45) is 0 Å². The molecule has 146 valence electrons. The van der Waals surface area contributed by atoms with Crippen LogP contribution in [0.2, 0.25) is 5.04 Å². The van der Waals surface area contributed by atoms with E-state index in [1.807, 2.05) is 24.4 Å². The number of nitrogens with zero attached hydrogens (tertiary/aromatic N) is 1. The minimum Gasteiger partial charge on any atom is -0.332 e. The average molecular weight is 411 g/mol. The summed E-state index contributed by atoms with van der Waals surface area (Å²) >= 11 is 1.73. The van der Waals surface area contributed by atoms with Crippen LogP contribution in [0.4, 0.5) is 0 Å². The maximum atomic E-state index is 11.6. The van der Waals surface area contributed by atoms with Crippen molar-refractivity contribution in [3.05, 3.63) is 72.9 Å². The number of β-lactam (4-membered cyclic amide) rings is 1. The molecule has 2 aliphatic heterocycles. The Balaban J connectivity index is 1.68. The number of carbonyl (C=O) groups excluding carboxylic acids is 1. The van der Waals surface area contributed by atoms with Crippen molar-refractivity contribution in [1.82, 2.24) is 10.4 Å². The predicted octanol–water partition coefficient (Wildman–Crippen LogP) is 3.21. The van der Waals surface area contributed by atoms with Crippen LogP contribution in [0.15, 0.2) is 72.9 Å². The highest BCUT2D eigenvalue weighted by Gasteiger charge is 2.51. The SMILES string of the molecule is CC(C)(C)[Si](ONC1C=CN2C(=O)C[C@H]2S1)(c1ccccc1)c1ccccc1. The van der Waals surface area contributed by atoms with Crippen LogP contribution in [0, 0.1) is 0 Å². The van der Waals surface area contributed by atoms with E-state index in [1.165, 1.54) is 10.4 Å². The first kappa shape index (κ1) is 19.5. The molecule has 2 heterocycles. The van der Waals surface area contributed by atoms with Crippen molar-refractivity contribution in [3.63, 3.8) is 0 Å². The fraction of sp³-hybridized carbons (Fsp3) is 0.318. The Hall–Kier alpha value is -1.86. The molecule has 1 amide bonds. The summed E-state index contributed by atoms with van der Waals surface area (Å²) < 4.78 is 6.75. The third kappa shape index (κ3) is 3.35. The fourth-order valence-corrected chi connectivity index (χ4v) is 9.42. The number of fused-ring (bicyclic) bond motifs is 1. The summed E-state index contributed by atoms with van der Waals surface area (Å²) in [7, 11) is -2.61. The number of hydrogen-bond donors (Lipinski definition) is 1. The van der Waals surface area contributed by atoms with Gasteiger partial charge in [-0.15, -0.1) is 11.8 Å². The zero-order chi connectivity index (χ0) is 19.8. The van der Waals surface area contributed by atoms with Crippen LogP contribution in [0.3, 0.4) is 0 Å². The summed E-state index contributed by atoms with van der Waals surface area (Å²) in [5.74, 6) is 0.195. The molecule has 2 atom stereocenters. The van der Waals surface area contributed by atoms with Crippen molar-refractivity contribution in [3.8, 4) is 0 Å². The van der Waals surface area contributed by atoms with Gasteiger partial charge in [0.15, 0.2) is 0 Å². The van der Waals surface area contributed by atoms with Gasteiger partial charge in [0, 0.05) is 6.20 Å². The van der Waals surface area contributed by atoms with Crippen LogP contribution in [0.1, 0.15) is 27.2 Å². The van der Waals surface area contributed by atoms with Crippen LogP contribution < -0.4 is 15.9 Å². The Morgan fingerprint density at radius 2 is 1.61 bits per heavy atom. The van der Waals surface area contributed by atoms with Gasteiger partial charge in [-0.25, -0.2) is 0 Å². The number of hydroxylamine groups is 1. The second-order valence-corrected chi connectivity index (χ2v) is 13.8. The van der Waals surface area contributed by atoms with E-state index in [4.69, 9.17) is 4.53 Å². The molecule has 4 nitrogen and oxygen atoms in total. The minimum atomic E-state index is -2.61. The monoisotopic (exact) mass is 410 g/mol. The summed E-state index contributed by atoms with van der Waals surface area (Å²) in [6.07, 6.45) is 4.50. The summed E-state index contributed by atoms with van der Waals surface area (Å²) in [5, 5.41) is 2.65. The van der Waals surface area contributed by atoms with Gasteiger partial charge in [0.05, 0.1) is 17.2 Å². The van der Waals surface area contributed by atoms with Crippen molar-refractivity contribution >= 4 is 36.4 Å². The lowest BCUT2D eigenvalue weighted by atomic mass is 10.2. The van der Waals surface area contributed by atoms with E-state index in [1.54, 1.807) is 16.7 Å². The molecule has 1 unspecified atom stereocenters. The van der Waals surface area contributed by atoms with Gasteiger partial charge in [-0.05, 0) is 21.5 Å². The highest BCUT2D eigenvalue weighted by atomic mass is 32.2. The van der Waals surface area contributed by atoms with Gasteiger partial charge >= 0.3 is 0 Å². The number of carbonyl (C=O) groups is 1. The number of rotatable bonds is 5. The normalized spacial score (nSPS) is 22.0. The lowest BCUT2D eigenvalue weighted by Gasteiger charge is -2.45. The first-order valence-corrected chi connectivity index (χ1v) is 12.5. The third-order valence-electron chi connectivity index (χ3n) is 5.42. The maximum Gasteiger partial charge on any atom is 0.287 e. The highest BCUT2D eigenvalue weighted by Crippen LogP contribution is 2.38. The first-order chi connectivity index (χ1) is 13.4. The largest absolute Gasteiger partial charge is 0.332 e. The predicted molar refractivity (Wildman–Crippen MR) is 118 cm³/mol. The molecule has 0 aliphatic carbocycles. The first-order valence-electron chi connectivity index (χ1n) is 9.61. The number of benzene rings is 2. The Morgan fingerprint density at radius 1 is 1.04 bits per heavy atom. The Kier molecular flexibility index (Phi) is 5.22. The van der Waals surface area contributed by atoms with Crippen LogP contribution in [0.25, 0.3) is 0 Å². The number of thioether (sulfide) groups is 1. The molecule has 2 aromatic carbocycles. The highest BCUT2D eigenvalue weighted by molar-refractivity contribution is 8.00. The molecule has 0 radical (unpaired) electrons. The fourth-order valence-electron chi connectivity index (χ4n) is 3.94. The van der Waals surface area contributed by atoms with Gasteiger partial charge in [-0.3, -0.25) is 4.79 Å². The van der Waals surface area contributed by atoms with Crippen molar-refractivity contribution in [2.75, 3.05) is 0 Å². The third-order valence-corrected chi connectivity index (χ3v) is 11.5. The van der Waals surface area contributed by atoms with E-state index in [2.05, 4.69) is 74.8 Å². The second-order valence-electron chi connectivity index (χ2n) is 8.24. The molecule has 28 heavy (non-hydrogen) atoms. The van der Waals surface area contributed by atoms with E-state index in [-0.39, 0.29) is 21.7 Å². The number of hydrogen-bond acceptors (Lipinski definition) is 4. The molecule has 0 bridgehead atoms. The quantitative estimate of drug-likeness (QED) is 0.467. The molecule has 0 spiro atoms. The van der Waals surface area contributed by atoms with Gasteiger partial charge in [0.2, 0.25) is 5.91 Å². The number of nitrogens with one attached hydrogen (secondary N) is 1. The van der Waals surface area contributed by atoms with E-state index in [0.717, 1.165) is 0 Å². The van der Waals surface area contributed by atoms with E-state index >= 15 is 0 Å². The molecule has 1 N–H and O–H groups in total. The summed E-state index contributed by atoms with van der Waals surface area (Å²) in [6.45, 7) is 6.78. The van der Waals surface area contributed by atoms with Gasteiger partial charge in [-0.1, -0.05) is 81.4 Å². The Morgan fingerprint density at radius 3 is 2.07 bits per heavy atom. The van der Waals surface area contributed by atoms with Gasteiger partial charge in [0.25, 0.3) is 8.32 Å². The summed E-state index contributed by atoms with van der Waals surface area (Å²) in [5.41, 5.74) is 3.37. The van der Waals surface area contributed by atoms with E-state index in [0.29, 0.717) is 6.42 Å². The van der Waals surface area contributed by atoms with Crippen LogP contribution in [-0.2, 0) is 9.32 Å². The van der Waals surface area contributed by atoms with Crippen LogP contribution in [0.5, 0.6) is 0 Å². The average Bonchev–Trinajstić information content (AvgIpc) is 2.68.